The van der Waals surface area contributed by atoms with Gasteiger partial charge in [0, 0.05) is 13.1 Å². The van der Waals surface area contributed by atoms with E-state index in [1.807, 2.05) is 0 Å². The molecule has 0 unspecified atom stereocenters. The van der Waals surface area contributed by atoms with E-state index >= 15 is 0 Å². The molecule has 0 aromatic carbocycles. The van der Waals surface area contributed by atoms with Crippen LogP contribution in [0.15, 0.2) is 18.2 Å². The van der Waals surface area contributed by atoms with Crippen molar-refractivity contribution >= 4 is 16.0 Å². The van der Waals surface area contributed by atoms with Crippen LogP contribution in [-0.4, -0.2) is 30.8 Å². The minimum atomic E-state index is -3.62. The van der Waals surface area contributed by atoms with Gasteiger partial charge in [0.1, 0.15) is 5.82 Å². The summed E-state index contributed by atoms with van der Waals surface area (Å²) in [6.07, 6.45) is 1.69. The molecule has 1 aliphatic heterocycles. The van der Waals surface area contributed by atoms with Crippen LogP contribution in [0.5, 0.6) is 0 Å². The monoisotopic (exact) mass is 273 g/mol. The third-order valence-electron chi connectivity index (χ3n) is 3.03. The Bertz CT molecular complexity index is 513. The summed E-state index contributed by atoms with van der Waals surface area (Å²) in [4.78, 5) is 3.48. The minimum Gasteiger partial charge on any atom is -0.254 e. The molecule has 100 valence electrons. The van der Waals surface area contributed by atoms with Gasteiger partial charge >= 0.3 is 10.2 Å². The Morgan fingerprint density at radius 1 is 1.39 bits per heavy atom. The maximum absolute atomic E-state index is 12.9. The van der Waals surface area contributed by atoms with Crippen molar-refractivity contribution in [3.8, 4) is 0 Å². The van der Waals surface area contributed by atoms with Crippen molar-refractivity contribution in [1.82, 2.24) is 9.29 Å². The van der Waals surface area contributed by atoms with Crippen molar-refractivity contribution in [3.05, 3.63) is 24.1 Å². The molecule has 7 heteroatoms. The first-order valence-corrected chi connectivity index (χ1v) is 7.32. The van der Waals surface area contributed by atoms with Crippen LogP contribution in [0.3, 0.4) is 0 Å². The zero-order valence-electron chi connectivity index (χ0n) is 10.1. The Balaban J connectivity index is 2.08. The second kappa shape index (κ2) is 5.19. The second-order valence-electron chi connectivity index (χ2n) is 4.53. The van der Waals surface area contributed by atoms with Crippen molar-refractivity contribution in [2.24, 2.45) is 5.92 Å². The average Bonchev–Trinajstić information content (AvgIpc) is 2.29. The standard InChI is InChI=1S/C11H16FN3O2S/c1-9-5-7-15(8-6-9)18(16,17)14-11-4-2-3-10(12)13-11/h2-4,9H,5-8H2,1H3,(H,13,14). The molecular weight excluding hydrogens is 257 g/mol. The molecule has 1 aromatic rings. The van der Waals surface area contributed by atoms with Crippen molar-refractivity contribution < 1.29 is 12.8 Å². The predicted molar refractivity (Wildman–Crippen MR) is 66.7 cm³/mol. The van der Waals surface area contributed by atoms with E-state index in [0.29, 0.717) is 19.0 Å². The third-order valence-corrected chi connectivity index (χ3v) is 4.54. The van der Waals surface area contributed by atoms with E-state index in [9.17, 15) is 12.8 Å². The lowest BCUT2D eigenvalue weighted by molar-refractivity contribution is 0.289. The Kier molecular flexibility index (Phi) is 3.82. The Hall–Kier alpha value is -1.21. The fraction of sp³-hybridized carbons (Fsp3) is 0.545. The molecule has 0 atom stereocenters. The number of anilines is 1. The second-order valence-corrected chi connectivity index (χ2v) is 6.20. The predicted octanol–water partition coefficient (Wildman–Crippen LogP) is 1.61. The number of hydrogen-bond donors (Lipinski definition) is 1. The molecule has 1 aliphatic rings. The first-order valence-electron chi connectivity index (χ1n) is 5.88. The lowest BCUT2D eigenvalue weighted by atomic mass is 10.0. The molecular formula is C11H16FN3O2S. The van der Waals surface area contributed by atoms with Gasteiger partial charge in [0.05, 0.1) is 0 Å². The van der Waals surface area contributed by atoms with E-state index in [-0.39, 0.29) is 5.82 Å². The zero-order chi connectivity index (χ0) is 13.2. The Morgan fingerprint density at radius 2 is 2.06 bits per heavy atom. The van der Waals surface area contributed by atoms with E-state index in [0.717, 1.165) is 12.8 Å². The molecule has 1 N–H and O–H groups in total. The highest BCUT2D eigenvalue weighted by Gasteiger charge is 2.26. The van der Waals surface area contributed by atoms with Crippen molar-refractivity contribution in [2.75, 3.05) is 17.8 Å². The molecule has 5 nitrogen and oxygen atoms in total. The van der Waals surface area contributed by atoms with Crippen LogP contribution >= 0.6 is 0 Å². The fourth-order valence-corrected chi connectivity index (χ4v) is 3.09. The Morgan fingerprint density at radius 3 is 2.67 bits per heavy atom. The number of hydrogen-bond acceptors (Lipinski definition) is 3. The van der Waals surface area contributed by atoms with Gasteiger partial charge in [-0.3, -0.25) is 4.72 Å². The molecule has 0 amide bonds. The highest BCUT2D eigenvalue weighted by atomic mass is 32.2. The molecule has 2 rings (SSSR count). The third kappa shape index (κ3) is 3.17. The van der Waals surface area contributed by atoms with Gasteiger partial charge in [-0.15, -0.1) is 0 Å². The van der Waals surface area contributed by atoms with Crippen molar-refractivity contribution in [2.45, 2.75) is 19.8 Å². The summed E-state index contributed by atoms with van der Waals surface area (Å²) in [5, 5.41) is 0. The number of aromatic nitrogens is 1. The van der Waals surface area contributed by atoms with Gasteiger partial charge in [-0.05, 0) is 30.9 Å². The molecule has 1 aromatic heterocycles. The maximum atomic E-state index is 12.9. The molecule has 0 aliphatic carbocycles. The molecule has 0 saturated carbocycles. The van der Waals surface area contributed by atoms with E-state index in [4.69, 9.17) is 0 Å². The van der Waals surface area contributed by atoms with Gasteiger partial charge in [-0.1, -0.05) is 13.0 Å². The summed E-state index contributed by atoms with van der Waals surface area (Å²) >= 11 is 0. The van der Waals surface area contributed by atoms with Crippen LogP contribution in [0.2, 0.25) is 0 Å². The van der Waals surface area contributed by atoms with Crippen LogP contribution in [-0.2, 0) is 10.2 Å². The van der Waals surface area contributed by atoms with Gasteiger partial charge < -0.3 is 0 Å². The largest absolute Gasteiger partial charge is 0.302 e. The number of halogens is 1. The number of nitrogens with one attached hydrogen (secondary N) is 1. The highest BCUT2D eigenvalue weighted by molar-refractivity contribution is 7.90. The summed E-state index contributed by atoms with van der Waals surface area (Å²) in [5.41, 5.74) is 0. The van der Waals surface area contributed by atoms with Crippen molar-refractivity contribution in [3.63, 3.8) is 0 Å². The summed E-state index contributed by atoms with van der Waals surface area (Å²) in [6.45, 7) is 3.09. The quantitative estimate of drug-likeness (QED) is 0.851. The zero-order valence-corrected chi connectivity index (χ0v) is 11.0. The summed E-state index contributed by atoms with van der Waals surface area (Å²) in [6, 6.07) is 4.01. The van der Waals surface area contributed by atoms with E-state index < -0.39 is 16.2 Å². The van der Waals surface area contributed by atoms with Gasteiger partial charge in [0.2, 0.25) is 5.95 Å². The molecule has 0 spiro atoms. The number of pyridine rings is 1. The SMILES string of the molecule is CC1CCN(S(=O)(=O)Nc2cccc(F)n2)CC1. The van der Waals surface area contributed by atoms with Crippen LogP contribution in [0.25, 0.3) is 0 Å². The smallest absolute Gasteiger partial charge is 0.254 e. The molecule has 0 radical (unpaired) electrons. The number of rotatable bonds is 3. The molecule has 0 bridgehead atoms. The molecule has 2 heterocycles. The molecule has 1 saturated heterocycles. The van der Waals surface area contributed by atoms with Gasteiger partial charge in [0.15, 0.2) is 0 Å². The molecule has 18 heavy (non-hydrogen) atoms. The minimum absolute atomic E-state index is 0.00798. The maximum Gasteiger partial charge on any atom is 0.302 e. The van der Waals surface area contributed by atoms with Gasteiger partial charge in [0.25, 0.3) is 0 Å². The van der Waals surface area contributed by atoms with E-state index in [1.165, 1.54) is 22.5 Å². The van der Waals surface area contributed by atoms with Gasteiger partial charge in [-0.25, -0.2) is 4.98 Å². The van der Waals surface area contributed by atoms with Crippen LogP contribution in [0.4, 0.5) is 10.2 Å². The van der Waals surface area contributed by atoms with Crippen LogP contribution < -0.4 is 4.72 Å². The van der Waals surface area contributed by atoms with Crippen LogP contribution in [0.1, 0.15) is 19.8 Å². The fourth-order valence-electron chi connectivity index (χ4n) is 1.89. The topological polar surface area (TPSA) is 62.3 Å². The average molecular weight is 273 g/mol. The molecule has 1 fully saturated rings. The summed E-state index contributed by atoms with van der Waals surface area (Å²) in [7, 11) is -3.62. The van der Waals surface area contributed by atoms with E-state index in [1.54, 1.807) is 0 Å². The lowest BCUT2D eigenvalue weighted by Gasteiger charge is -2.29. The lowest BCUT2D eigenvalue weighted by Crippen LogP contribution is -2.41. The van der Waals surface area contributed by atoms with Crippen molar-refractivity contribution in [1.29, 1.82) is 0 Å². The summed E-state index contributed by atoms with van der Waals surface area (Å²) < 4.78 is 40.6. The van der Waals surface area contributed by atoms with Crippen LogP contribution in [0, 0.1) is 11.9 Å². The Labute approximate surface area is 106 Å². The summed E-state index contributed by atoms with van der Waals surface area (Å²) in [5.74, 6) is -0.153. The first-order chi connectivity index (χ1) is 8.47. The highest BCUT2D eigenvalue weighted by Crippen LogP contribution is 2.19. The normalized spacial score (nSPS) is 18.8. The van der Waals surface area contributed by atoms with Gasteiger partial charge in [-0.2, -0.15) is 17.1 Å². The first kappa shape index (κ1) is 13.2. The number of piperidine rings is 1. The van der Waals surface area contributed by atoms with E-state index in [2.05, 4.69) is 16.6 Å². The number of nitrogens with zero attached hydrogens (tertiary/aromatic N) is 2.